The molecule has 0 aromatic carbocycles. The van der Waals surface area contributed by atoms with E-state index in [4.69, 9.17) is 0 Å². The van der Waals surface area contributed by atoms with Crippen LogP contribution in [0.15, 0.2) is 0 Å². The van der Waals surface area contributed by atoms with E-state index in [0.717, 1.165) is 23.8 Å². The highest BCUT2D eigenvalue weighted by Crippen LogP contribution is 2.45. The highest BCUT2D eigenvalue weighted by Gasteiger charge is 2.40. The van der Waals surface area contributed by atoms with Gasteiger partial charge in [-0.25, -0.2) is 0 Å². The lowest BCUT2D eigenvalue weighted by Crippen LogP contribution is -2.25. The first-order valence-corrected chi connectivity index (χ1v) is 7.86. The third-order valence-corrected chi connectivity index (χ3v) is 5.17. The Balaban J connectivity index is 1.62. The van der Waals surface area contributed by atoms with Crippen molar-refractivity contribution < 1.29 is 0 Å². The monoisotopic (exact) mass is 266 g/mol. The summed E-state index contributed by atoms with van der Waals surface area (Å²) in [5, 5.41) is 8.79. The van der Waals surface area contributed by atoms with Crippen molar-refractivity contribution in [3.05, 3.63) is 5.69 Å². The second-order valence-corrected chi connectivity index (χ2v) is 6.50. The molecule has 100 valence electrons. The Morgan fingerprint density at radius 2 is 2.17 bits per heavy atom. The van der Waals surface area contributed by atoms with Gasteiger partial charge in [0.15, 0.2) is 0 Å². The number of likely N-dealkylation sites (tertiary alicyclic amines) is 1. The molecule has 2 heterocycles. The van der Waals surface area contributed by atoms with Crippen LogP contribution in [-0.2, 0) is 6.54 Å². The maximum absolute atomic E-state index is 4.28. The van der Waals surface area contributed by atoms with Crippen LogP contribution < -0.4 is 5.32 Å². The van der Waals surface area contributed by atoms with Gasteiger partial charge in [0, 0.05) is 31.2 Å². The highest BCUT2D eigenvalue weighted by atomic mass is 32.1. The van der Waals surface area contributed by atoms with Crippen LogP contribution >= 0.6 is 11.5 Å². The van der Waals surface area contributed by atoms with Crippen LogP contribution in [0.25, 0.3) is 0 Å². The zero-order valence-electron chi connectivity index (χ0n) is 11.1. The topological polar surface area (TPSA) is 41.1 Å². The summed E-state index contributed by atoms with van der Waals surface area (Å²) in [6, 6.07) is 0. The molecule has 1 aliphatic carbocycles. The van der Waals surface area contributed by atoms with Gasteiger partial charge < -0.3 is 5.32 Å². The standard InChI is InChI=1S/C13H22N4S/c1-2-14-12-11(15-16-18-12)9-17-8-7-13(10-17)5-3-4-6-13/h14H,2-10H2,1H3. The third-order valence-electron chi connectivity index (χ3n) is 4.45. The molecule has 2 aliphatic rings. The van der Waals surface area contributed by atoms with Gasteiger partial charge >= 0.3 is 0 Å². The van der Waals surface area contributed by atoms with Crippen LogP contribution in [-0.4, -0.2) is 34.1 Å². The van der Waals surface area contributed by atoms with E-state index in [1.165, 1.54) is 56.7 Å². The molecule has 0 atom stereocenters. The molecule has 0 unspecified atom stereocenters. The van der Waals surface area contributed by atoms with Gasteiger partial charge in [-0.05, 0) is 38.1 Å². The molecule has 1 spiro atoms. The molecule has 0 amide bonds. The number of aromatic nitrogens is 2. The minimum Gasteiger partial charge on any atom is -0.374 e. The molecule has 5 heteroatoms. The van der Waals surface area contributed by atoms with Crippen molar-refractivity contribution in [3.63, 3.8) is 0 Å². The Morgan fingerprint density at radius 1 is 1.33 bits per heavy atom. The molecular weight excluding hydrogens is 244 g/mol. The van der Waals surface area contributed by atoms with Gasteiger partial charge in [-0.1, -0.05) is 17.3 Å². The van der Waals surface area contributed by atoms with Gasteiger partial charge in [-0.3, -0.25) is 4.90 Å². The lowest BCUT2D eigenvalue weighted by Gasteiger charge is -2.23. The Kier molecular flexibility index (Phi) is 3.52. The molecule has 1 saturated carbocycles. The summed E-state index contributed by atoms with van der Waals surface area (Å²) in [6.07, 6.45) is 7.16. The zero-order valence-corrected chi connectivity index (χ0v) is 11.9. The van der Waals surface area contributed by atoms with E-state index in [1.807, 2.05) is 0 Å². The minimum atomic E-state index is 0.655. The first kappa shape index (κ1) is 12.4. The average molecular weight is 266 g/mol. The lowest BCUT2D eigenvalue weighted by atomic mass is 9.86. The van der Waals surface area contributed by atoms with E-state index < -0.39 is 0 Å². The molecule has 1 saturated heterocycles. The number of hydrogen-bond donors (Lipinski definition) is 1. The first-order chi connectivity index (χ1) is 8.81. The number of nitrogens with one attached hydrogen (secondary N) is 1. The lowest BCUT2D eigenvalue weighted by molar-refractivity contribution is 0.254. The summed E-state index contributed by atoms with van der Waals surface area (Å²) < 4.78 is 4.07. The fourth-order valence-corrected chi connectivity index (χ4v) is 4.16. The van der Waals surface area contributed by atoms with E-state index in [2.05, 4.69) is 26.7 Å². The van der Waals surface area contributed by atoms with Crippen molar-refractivity contribution in [1.29, 1.82) is 0 Å². The summed E-state index contributed by atoms with van der Waals surface area (Å²) in [7, 11) is 0. The molecule has 18 heavy (non-hydrogen) atoms. The molecular formula is C13H22N4S. The second kappa shape index (κ2) is 5.13. The van der Waals surface area contributed by atoms with Crippen molar-refractivity contribution in [2.45, 2.75) is 45.6 Å². The van der Waals surface area contributed by atoms with Gasteiger partial charge in [0.05, 0.1) is 0 Å². The Labute approximate surface area is 113 Å². The van der Waals surface area contributed by atoms with Gasteiger partial charge in [0.1, 0.15) is 10.7 Å². The Morgan fingerprint density at radius 3 is 2.94 bits per heavy atom. The summed E-state index contributed by atoms with van der Waals surface area (Å²) >= 11 is 1.48. The Hall–Kier alpha value is -0.680. The zero-order chi connectivity index (χ0) is 12.4. The molecule has 1 aliphatic heterocycles. The SMILES string of the molecule is CCNc1snnc1CN1CCC2(CCCC2)C1. The molecule has 1 aromatic heterocycles. The number of nitrogens with zero attached hydrogens (tertiary/aromatic N) is 3. The molecule has 0 radical (unpaired) electrons. The maximum atomic E-state index is 4.28. The maximum Gasteiger partial charge on any atom is 0.134 e. The number of anilines is 1. The van der Waals surface area contributed by atoms with Crippen molar-refractivity contribution in [2.24, 2.45) is 5.41 Å². The summed E-state index contributed by atoms with van der Waals surface area (Å²) in [4.78, 5) is 2.57. The molecule has 0 bridgehead atoms. The minimum absolute atomic E-state index is 0.655. The Bertz CT molecular complexity index is 397. The van der Waals surface area contributed by atoms with Crippen LogP contribution in [0, 0.1) is 5.41 Å². The van der Waals surface area contributed by atoms with Crippen LogP contribution in [0.5, 0.6) is 0 Å². The quantitative estimate of drug-likeness (QED) is 0.910. The van der Waals surface area contributed by atoms with E-state index in [1.54, 1.807) is 0 Å². The first-order valence-electron chi connectivity index (χ1n) is 7.09. The van der Waals surface area contributed by atoms with Gasteiger partial charge in [0.2, 0.25) is 0 Å². The number of hydrogen-bond acceptors (Lipinski definition) is 5. The molecule has 2 fully saturated rings. The third kappa shape index (κ3) is 2.38. The van der Waals surface area contributed by atoms with Crippen molar-refractivity contribution in [3.8, 4) is 0 Å². The second-order valence-electron chi connectivity index (χ2n) is 5.75. The van der Waals surface area contributed by atoms with Crippen LogP contribution in [0.1, 0.15) is 44.7 Å². The molecule has 1 N–H and O–H groups in total. The number of rotatable bonds is 4. The fourth-order valence-electron chi connectivity index (χ4n) is 3.51. The highest BCUT2D eigenvalue weighted by molar-refractivity contribution is 7.10. The normalized spacial score (nSPS) is 22.9. The van der Waals surface area contributed by atoms with E-state index in [-0.39, 0.29) is 0 Å². The predicted octanol–water partition coefficient (Wildman–Crippen LogP) is 2.74. The van der Waals surface area contributed by atoms with Crippen molar-refractivity contribution in [1.82, 2.24) is 14.5 Å². The van der Waals surface area contributed by atoms with Gasteiger partial charge in [-0.15, -0.1) is 5.10 Å². The van der Waals surface area contributed by atoms with Crippen molar-refractivity contribution >= 4 is 16.5 Å². The van der Waals surface area contributed by atoms with Crippen LogP contribution in [0.3, 0.4) is 0 Å². The van der Waals surface area contributed by atoms with E-state index in [0.29, 0.717) is 5.41 Å². The summed E-state index contributed by atoms with van der Waals surface area (Å²) in [6.45, 7) is 6.55. The van der Waals surface area contributed by atoms with Crippen LogP contribution in [0.2, 0.25) is 0 Å². The summed E-state index contributed by atoms with van der Waals surface area (Å²) in [5.74, 6) is 0. The summed E-state index contributed by atoms with van der Waals surface area (Å²) in [5.41, 5.74) is 1.79. The van der Waals surface area contributed by atoms with Gasteiger partial charge in [-0.2, -0.15) is 0 Å². The van der Waals surface area contributed by atoms with Crippen molar-refractivity contribution in [2.75, 3.05) is 25.0 Å². The fraction of sp³-hybridized carbons (Fsp3) is 0.846. The van der Waals surface area contributed by atoms with Gasteiger partial charge in [0.25, 0.3) is 0 Å². The molecule has 4 nitrogen and oxygen atoms in total. The smallest absolute Gasteiger partial charge is 0.134 e. The van der Waals surface area contributed by atoms with E-state index >= 15 is 0 Å². The largest absolute Gasteiger partial charge is 0.374 e. The average Bonchev–Trinajstić information content (AvgIpc) is 3.06. The van der Waals surface area contributed by atoms with E-state index in [9.17, 15) is 0 Å². The molecule has 1 aromatic rings. The van der Waals surface area contributed by atoms with Crippen LogP contribution in [0.4, 0.5) is 5.00 Å². The molecule has 3 rings (SSSR count). The predicted molar refractivity (Wildman–Crippen MR) is 74.9 cm³/mol.